The van der Waals surface area contributed by atoms with Crippen molar-refractivity contribution < 1.29 is 0 Å². The smallest absolute Gasteiger partial charge is 0.0620 e. The molecule has 0 radical (unpaired) electrons. The Kier molecular flexibility index (Phi) is 3.20. The van der Waals surface area contributed by atoms with Gasteiger partial charge in [0.05, 0.1) is 16.6 Å². The second-order valence-electron chi connectivity index (χ2n) is 8.87. The van der Waals surface area contributed by atoms with E-state index in [4.69, 9.17) is 0 Å². The molecule has 31 heavy (non-hydrogen) atoms. The standard InChI is InChI=1S/C30H21N/c1-18-11-19(2)13-22(12-18)23-15-26-24-9-5-6-10-28(24)31-29-17-21-8-4-3-7-20(21)14-25(29)27(16-23)30(26)31/h3-17H,1-2H3. The molecule has 0 spiro atoms. The summed E-state index contributed by atoms with van der Waals surface area (Å²) in [6.45, 7) is 4.36. The van der Waals surface area contributed by atoms with Gasteiger partial charge in [0.15, 0.2) is 0 Å². The predicted octanol–water partition coefficient (Wildman–Crippen LogP) is 8.27. The third kappa shape index (κ3) is 2.26. The summed E-state index contributed by atoms with van der Waals surface area (Å²) in [6.07, 6.45) is 0. The van der Waals surface area contributed by atoms with E-state index in [0.29, 0.717) is 0 Å². The van der Waals surface area contributed by atoms with Gasteiger partial charge in [-0.1, -0.05) is 71.8 Å². The highest BCUT2D eigenvalue weighted by molar-refractivity contribution is 6.25. The van der Waals surface area contributed by atoms with Crippen LogP contribution in [0, 0.1) is 13.8 Å². The van der Waals surface area contributed by atoms with Crippen LogP contribution < -0.4 is 0 Å². The van der Waals surface area contributed by atoms with Gasteiger partial charge >= 0.3 is 0 Å². The molecule has 0 amide bonds. The molecule has 2 heterocycles. The van der Waals surface area contributed by atoms with E-state index in [1.165, 1.54) is 71.1 Å². The minimum atomic E-state index is 1.28. The van der Waals surface area contributed by atoms with Gasteiger partial charge in [-0.25, -0.2) is 0 Å². The summed E-state index contributed by atoms with van der Waals surface area (Å²) in [5, 5.41) is 7.90. The maximum atomic E-state index is 2.47. The molecule has 1 heteroatoms. The molecule has 146 valence electrons. The molecule has 0 atom stereocenters. The molecule has 7 rings (SSSR count). The zero-order chi connectivity index (χ0) is 20.7. The van der Waals surface area contributed by atoms with E-state index >= 15 is 0 Å². The van der Waals surface area contributed by atoms with Gasteiger partial charge in [0.2, 0.25) is 0 Å². The lowest BCUT2D eigenvalue weighted by Gasteiger charge is -2.07. The number of aryl methyl sites for hydroxylation is 2. The number of para-hydroxylation sites is 1. The largest absolute Gasteiger partial charge is 0.308 e. The van der Waals surface area contributed by atoms with Gasteiger partial charge in [0.1, 0.15) is 0 Å². The second-order valence-corrected chi connectivity index (χ2v) is 8.87. The first-order chi connectivity index (χ1) is 15.2. The van der Waals surface area contributed by atoms with Crippen molar-refractivity contribution in [2.75, 3.05) is 0 Å². The molecule has 0 N–H and O–H groups in total. The van der Waals surface area contributed by atoms with E-state index in [0.717, 1.165) is 0 Å². The minimum absolute atomic E-state index is 1.28. The summed E-state index contributed by atoms with van der Waals surface area (Å²) in [4.78, 5) is 0. The Balaban J connectivity index is 1.73. The van der Waals surface area contributed by atoms with Crippen molar-refractivity contribution in [3.05, 3.63) is 102 Å². The van der Waals surface area contributed by atoms with Crippen molar-refractivity contribution in [3.63, 3.8) is 0 Å². The van der Waals surface area contributed by atoms with Crippen LogP contribution in [-0.4, -0.2) is 4.40 Å². The highest BCUT2D eigenvalue weighted by atomic mass is 14.9. The topological polar surface area (TPSA) is 4.41 Å². The Morgan fingerprint density at radius 2 is 1.10 bits per heavy atom. The first kappa shape index (κ1) is 16.9. The Morgan fingerprint density at radius 3 is 1.87 bits per heavy atom. The lowest BCUT2D eigenvalue weighted by atomic mass is 9.96. The third-order valence-corrected chi connectivity index (χ3v) is 6.72. The monoisotopic (exact) mass is 395 g/mol. The van der Waals surface area contributed by atoms with Gasteiger partial charge in [-0.05, 0) is 66.1 Å². The van der Waals surface area contributed by atoms with Crippen molar-refractivity contribution in [1.29, 1.82) is 0 Å². The van der Waals surface area contributed by atoms with Crippen molar-refractivity contribution in [3.8, 4) is 11.1 Å². The average molecular weight is 396 g/mol. The van der Waals surface area contributed by atoms with Crippen LogP contribution in [0.4, 0.5) is 0 Å². The van der Waals surface area contributed by atoms with E-state index in [1.54, 1.807) is 0 Å². The van der Waals surface area contributed by atoms with Gasteiger partial charge < -0.3 is 4.40 Å². The van der Waals surface area contributed by atoms with Crippen LogP contribution in [0.15, 0.2) is 91.0 Å². The Hall–Kier alpha value is -3.84. The number of benzene rings is 5. The molecule has 0 aliphatic heterocycles. The summed E-state index contributed by atoms with van der Waals surface area (Å²) >= 11 is 0. The molecule has 0 bridgehead atoms. The van der Waals surface area contributed by atoms with E-state index in [2.05, 4.69) is 109 Å². The molecule has 2 aromatic heterocycles. The number of fused-ring (bicyclic) bond motifs is 7. The van der Waals surface area contributed by atoms with Gasteiger partial charge in [0, 0.05) is 21.5 Å². The lowest BCUT2D eigenvalue weighted by molar-refractivity contribution is 1.37. The van der Waals surface area contributed by atoms with Crippen LogP contribution >= 0.6 is 0 Å². The van der Waals surface area contributed by atoms with Crippen LogP contribution in [0.5, 0.6) is 0 Å². The van der Waals surface area contributed by atoms with Gasteiger partial charge in [0.25, 0.3) is 0 Å². The van der Waals surface area contributed by atoms with Crippen LogP contribution in [0.1, 0.15) is 11.1 Å². The number of aromatic nitrogens is 1. The maximum Gasteiger partial charge on any atom is 0.0620 e. The highest BCUT2D eigenvalue weighted by Crippen LogP contribution is 2.42. The Morgan fingerprint density at radius 1 is 0.484 bits per heavy atom. The van der Waals surface area contributed by atoms with E-state index in [9.17, 15) is 0 Å². The van der Waals surface area contributed by atoms with Crippen LogP contribution in [0.25, 0.3) is 60.0 Å². The lowest BCUT2D eigenvalue weighted by Crippen LogP contribution is -1.83. The first-order valence-electron chi connectivity index (χ1n) is 10.9. The average Bonchev–Trinajstić information content (AvgIpc) is 3.28. The second kappa shape index (κ2) is 5.86. The molecule has 5 aromatic carbocycles. The fraction of sp³-hybridized carbons (Fsp3) is 0.0667. The zero-order valence-corrected chi connectivity index (χ0v) is 17.6. The van der Waals surface area contributed by atoms with Gasteiger partial charge in [-0.15, -0.1) is 0 Å². The Bertz CT molecular complexity index is 1780. The summed E-state index contributed by atoms with van der Waals surface area (Å²) in [5.74, 6) is 0. The molecule has 0 aliphatic rings. The summed E-state index contributed by atoms with van der Waals surface area (Å²) in [5.41, 5.74) is 9.10. The van der Waals surface area contributed by atoms with Crippen molar-refractivity contribution >= 4 is 48.9 Å². The van der Waals surface area contributed by atoms with Crippen molar-refractivity contribution in [2.45, 2.75) is 13.8 Å². The van der Waals surface area contributed by atoms with E-state index in [-0.39, 0.29) is 0 Å². The molecule has 0 saturated heterocycles. The molecule has 0 fully saturated rings. The number of nitrogens with zero attached hydrogens (tertiary/aromatic N) is 1. The number of hydrogen-bond donors (Lipinski definition) is 0. The maximum absolute atomic E-state index is 2.47. The fourth-order valence-corrected chi connectivity index (χ4v) is 5.49. The SMILES string of the molecule is Cc1cc(C)cc(-c2cc3c4ccccc4n4c5cc6ccccc6cc5c(c2)c34)c1. The van der Waals surface area contributed by atoms with Crippen LogP contribution in [0.3, 0.4) is 0 Å². The first-order valence-corrected chi connectivity index (χ1v) is 10.9. The summed E-state index contributed by atoms with van der Waals surface area (Å²) in [6, 6.07) is 33.8. The predicted molar refractivity (Wildman–Crippen MR) is 134 cm³/mol. The molecule has 0 unspecified atom stereocenters. The highest BCUT2D eigenvalue weighted by Gasteiger charge is 2.19. The third-order valence-electron chi connectivity index (χ3n) is 6.72. The van der Waals surface area contributed by atoms with Crippen molar-refractivity contribution in [2.24, 2.45) is 0 Å². The Labute approximate surface area is 180 Å². The zero-order valence-electron chi connectivity index (χ0n) is 17.6. The molecule has 7 aromatic rings. The molecular formula is C30H21N. The fourth-order valence-electron chi connectivity index (χ4n) is 5.49. The van der Waals surface area contributed by atoms with Crippen LogP contribution in [0.2, 0.25) is 0 Å². The number of hydrogen-bond acceptors (Lipinski definition) is 0. The van der Waals surface area contributed by atoms with E-state index in [1.807, 2.05) is 0 Å². The minimum Gasteiger partial charge on any atom is -0.308 e. The van der Waals surface area contributed by atoms with E-state index < -0.39 is 0 Å². The summed E-state index contributed by atoms with van der Waals surface area (Å²) < 4.78 is 2.47. The molecule has 1 nitrogen and oxygen atoms in total. The van der Waals surface area contributed by atoms with Crippen molar-refractivity contribution in [1.82, 2.24) is 4.40 Å². The quantitative estimate of drug-likeness (QED) is 0.263. The molecular weight excluding hydrogens is 374 g/mol. The number of rotatable bonds is 1. The van der Waals surface area contributed by atoms with Gasteiger partial charge in [-0.3, -0.25) is 0 Å². The van der Waals surface area contributed by atoms with Gasteiger partial charge in [-0.2, -0.15) is 0 Å². The summed E-state index contributed by atoms with van der Waals surface area (Å²) in [7, 11) is 0. The normalized spacial score (nSPS) is 12.2. The van der Waals surface area contributed by atoms with Crippen LogP contribution in [-0.2, 0) is 0 Å². The molecule has 0 aliphatic carbocycles. The molecule has 0 saturated carbocycles.